The van der Waals surface area contributed by atoms with Crippen LogP contribution in [0.1, 0.15) is 57.2 Å². The number of ketones is 1. The fourth-order valence-corrected chi connectivity index (χ4v) is 5.35. The Morgan fingerprint density at radius 2 is 2.17 bits per heavy atom. The molecule has 2 aliphatic heterocycles. The average molecular weight is 413 g/mol. The maximum absolute atomic E-state index is 13.0. The Morgan fingerprint density at radius 3 is 2.90 bits per heavy atom. The van der Waals surface area contributed by atoms with Crippen molar-refractivity contribution < 1.29 is 23.9 Å². The molecule has 3 aliphatic rings. The summed E-state index contributed by atoms with van der Waals surface area (Å²) in [5.41, 5.74) is 3.86. The van der Waals surface area contributed by atoms with Crippen molar-refractivity contribution in [3.05, 3.63) is 41.0 Å². The van der Waals surface area contributed by atoms with Gasteiger partial charge in [-0.2, -0.15) is 0 Å². The molecule has 0 saturated carbocycles. The van der Waals surface area contributed by atoms with Crippen molar-refractivity contribution in [1.82, 2.24) is 0 Å². The molecule has 1 unspecified atom stereocenters. The lowest BCUT2D eigenvalue weighted by Gasteiger charge is -2.36. The predicted molar refractivity (Wildman–Crippen MR) is 116 cm³/mol. The number of ether oxygens (including phenoxy) is 3. The van der Waals surface area contributed by atoms with Gasteiger partial charge in [-0.05, 0) is 42.9 Å². The van der Waals surface area contributed by atoms with Crippen LogP contribution in [-0.2, 0) is 11.2 Å². The summed E-state index contributed by atoms with van der Waals surface area (Å²) in [7, 11) is 3.83. The number of hydrogen-bond donors (Lipinski definition) is 1. The van der Waals surface area contributed by atoms with Gasteiger partial charge >= 0.3 is 0 Å². The van der Waals surface area contributed by atoms with E-state index in [1.807, 2.05) is 6.08 Å². The predicted octanol–water partition coefficient (Wildman–Crippen LogP) is 3.43. The molecule has 3 atom stereocenters. The van der Waals surface area contributed by atoms with Crippen molar-refractivity contribution in [2.45, 2.75) is 52.5 Å². The average Bonchev–Trinajstić information content (AvgIpc) is 3.16. The van der Waals surface area contributed by atoms with E-state index in [4.69, 9.17) is 14.2 Å². The third kappa shape index (κ3) is 3.76. The Balaban J connectivity index is 1.59. The van der Waals surface area contributed by atoms with Gasteiger partial charge in [-0.3, -0.25) is 4.79 Å². The van der Waals surface area contributed by atoms with Crippen molar-refractivity contribution in [2.24, 2.45) is 11.3 Å². The molecule has 162 valence electrons. The lowest BCUT2D eigenvalue weighted by Crippen LogP contribution is -3.10. The molecule has 0 saturated heterocycles. The van der Waals surface area contributed by atoms with E-state index < -0.39 is 0 Å². The molecule has 1 aromatic rings. The molecule has 1 N–H and O–H groups in total. The number of benzene rings is 1. The molecular formula is C25H34NO4+. The van der Waals surface area contributed by atoms with Gasteiger partial charge in [0.25, 0.3) is 0 Å². The molecule has 2 heterocycles. The highest BCUT2D eigenvalue weighted by molar-refractivity contribution is 5.90. The third-order valence-corrected chi connectivity index (χ3v) is 7.15. The Hall–Kier alpha value is -2.27. The molecule has 5 heteroatoms. The van der Waals surface area contributed by atoms with E-state index in [1.54, 1.807) is 7.11 Å². The van der Waals surface area contributed by atoms with E-state index in [0.29, 0.717) is 18.1 Å². The van der Waals surface area contributed by atoms with Gasteiger partial charge in [0.2, 0.25) is 12.5 Å². The van der Waals surface area contributed by atoms with Crippen LogP contribution in [0.15, 0.2) is 29.9 Å². The number of likely N-dealkylation sites (N-methyl/N-ethyl adjacent to an activating group) is 1. The zero-order chi connectivity index (χ0) is 21.5. The highest BCUT2D eigenvalue weighted by Gasteiger charge is 2.37. The first-order valence-electron chi connectivity index (χ1n) is 11.0. The molecule has 0 radical (unpaired) electrons. The van der Waals surface area contributed by atoms with Crippen LogP contribution >= 0.6 is 0 Å². The van der Waals surface area contributed by atoms with Crippen LogP contribution in [0.4, 0.5) is 0 Å². The molecule has 0 spiro atoms. The summed E-state index contributed by atoms with van der Waals surface area (Å²) in [5.74, 6) is 2.64. The number of nitrogens with one attached hydrogen (secondary N) is 1. The second kappa shape index (κ2) is 8.10. The number of fused-ring (bicyclic) bond motifs is 2. The van der Waals surface area contributed by atoms with Gasteiger partial charge in [-0.15, -0.1) is 0 Å². The lowest BCUT2D eigenvalue weighted by molar-refractivity contribution is -0.914. The van der Waals surface area contributed by atoms with Crippen LogP contribution in [0.5, 0.6) is 17.2 Å². The first-order valence-corrected chi connectivity index (χ1v) is 11.0. The summed E-state index contributed by atoms with van der Waals surface area (Å²) in [6, 6.07) is 2.12. The fourth-order valence-electron chi connectivity index (χ4n) is 5.35. The quantitative estimate of drug-likeness (QED) is 0.595. The Labute approximate surface area is 179 Å². The normalized spacial score (nSPS) is 27.0. The van der Waals surface area contributed by atoms with E-state index in [2.05, 4.69) is 46.0 Å². The fraction of sp³-hybridized carbons (Fsp3) is 0.560. The van der Waals surface area contributed by atoms with E-state index in [1.165, 1.54) is 16.0 Å². The van der Waals surface area contributed by atoms with Crippen LogP contribution < -0.4 is 19.1 Å². The van der Waals surface area contributed by atoms with Crippen LogP contribution in [0.25, 0.3) is 0 Å². The van der Waals surface area contributed by atoms with Gasteiger partial charge in [-0.25, -0.2) is 0 Å². The minimum absolute atomic E-state index is 0.0476. The van der Waals surface area contributed by atoms with E-state index in [0.717, 1.165) is 42.9 Å². The van der Waals surface area contributed by atoms with E-state index >= 15 is 0 Å². The number of allylic oxidation sites excluding steroid dienone is 4. The maximum atomic E-state index is 13.0. The molecule has 30 heavy (non-hydrogen) atoms. The molecule has 0 bridgehead atoms. The monoisotopic (exact) mass is 412 g/mol. The SMILES string of the molecule is COc1c2c(cc3c1[C@@H](CC(=O)/C=C/[C@H]1C(C)=CCCC1(C)C)[NH+](C)CC3)OCO2. The topological polar surface area (TPSA) is 49.2 Å². The van der Waals surface area contributed by atoms with Gasteiger partial charge in [0.1, 0.15) is 6.04 Å². The number of hydrogen-bond acceptors (Lipinski definition) is 4. The number of rotatable bonds is 5. The summed E-state index contributed by atoms with van der Waals surface area (Å²) < 4.78 is 17.0. The molecule has 0 fully saturated rings. The highest BCUT2D eigenvalue weighted by atomic mass is 16.7. The van der Waals surface area contributed by atoms with E-state index in [9.17, 15) is 4.79 Å². The summed E-state index contributed by atoms with van der Waals surface area (Å²) in [6.07, 6.45) is 9.93. The second-order valence-corrected chi connectivity index (χ2v) is 9.60. The largest absolute Gasteiger partial charge is 0.492 e. The first kappa shape index (κ1) is 21.0. The summed E-state index contributed by atoms with van der Waals surface area (Å²) >= 11 is 0. The van der Waals surface area contributed by atoms with Crippen LogP contribution in [0.2, 0.25) is 0 Å². The smallest absolute Gasteiger partial charge is 0.231 e. The Bertz CT molecular complexity index is 899. The summed E-state index contributed by atoms with van der Waals surface area (Å²) in [5, 5.41) is 0. The van der Waals surface area contributed by atoms with Crippen molar-refractivity contribution in [2.75, 3.05) is 27.5 Å². The summed E-state index contributed by atoms with van der Waals surface area (Å²) in [6.45, 7) is 7.98. The highest BCUT2D eigenvalue weighted by Crippen LogP contribution is 2.48. The molecule has 1 aromatic carbocycles. The van der Waals surface area contributed by atoms with Gasteiger partial charge in [0, 0.05) is 12.3 Å². The standard InChI is InChI=1S/C25H33NO4/c1-16-7-6-11-25(2,3)19(16)9-8-18(27)14-20-22-17(10-12-26(20)4)13-21-23(24(22)28-5)30-15-29-21/h7-9,13,19-20H,6,10-12,14-15H2,1-5H3/p+1/b9-8+/t19-,20+/m0/s1. The van der Waals surface area contributed by atoms with Gasteiger partial charge in [0.05, 0.1) is 32.7 Å². The van der Waals surface area contributed by atoms with Crippen molar-refractivity contribution in [3.8, 4) is 17.2 Å². The van der Waals surface area contributed by atoms with Crippen molar-refractivity contribution in [1.29, 1.82) is 0 Å². The number of quaternary nitrogens is 1. The zero-order valence-corrected chi connectivity index (χ0v) is 18.8. The third-order valence-electron chi connectivity index (χ3n) is 7.15. The van der Waals surface area contributed by atoms with Gasteiger partial charge in [-0.1, -0.05) is 31.6 Å². The maximum Gasteiger partial charge on any atom is 0.231 e. The Kier molecular flexibility index (Phi) is 5.67. The minimum Gasteiger partial charge on any atom is -0.492 e. The van der Waals surface area contributed by atoms with Crippen LogP contribution in [0, 0.1) is 11.3 Å². The first-order chi connectivity index (χ1) is 14.3. The molecular weight excluding hydrogens is 378 g/mol. The minimum atomic E-state index is 0.0476. The number of methoxy groups -OCH3 is 1. The number of carbonyl (C=O) groups excluding carboxylic acids is 1. The lowest BCUT2D eigenvalue weighted by atomic mass is 9.68. The Morgan fingerprint density at radius 1 is 1.37 bits per heavy atom. The molecule has 0 amide bonds. The number of carbonyl (C=O) groups is 1. The van der Waals surface area contributed by atoms with Crippen molar-refractivity contribution in [3.63, 3.8) is 0 Å². The van der Waals surface area contributed by atoms with Crippen molar-refractivity contribution >= 4 is 5.78 Å². The molecule has 4 rings (SSSR count). The van der Waals surface area contributed by atoms with E-state index in [-0.39, 0.29) is 24.0 Å². The van der Waals surface area contributed by atoms with Gasteiger partial charge in [0.15, 0.2) is 17.3 Å². The van der Waals surface area contributed by atoms with Gasteiger partial charge < -0.3 is 19.1 Å². The summed E-state index contributed by atoms with van der Waals surface area (Å²) in [4.78, 5) is 14.4. The zero-order valence-electron chi connectivity index (χ0n) is 18.8. The second-order valence-electron chi connectivity index (χ2n) is 9.60. The molecule has 0 aromatic heterocycles. The molecule has 5 nitrogen and oxygen atoms in total. The van der Waals surface area contributed by atoms with Crippen LogP contribution in [-0.4, -0.2) is 33.3 Å². The van der Waals surface area contributed by atoms with Crippen LogP contribution in [0.3, 0.4) is 0 Å². The molecule has 1 aliphatic carbocycles.